The quantitative estimate of drug-likeness (QED) is 0.173. The van der Waals surface area contributed by atoms with Gasteiger partial charge in [0.2, 0.25) is 5.91 Å². The molecule has 3 aliphatic heterocycles. The molecule has 3 aliphatic rings. The number of aliphatic imine (C=N–C) groups is 1. The van der Waals surface area contributed by atoms with Crippen molar-refractivity contribution in [3.05, 3.63) is 99.1 Å². The molecule has 0 aromatic heterocycles. The molecular formula is C34H39N5O3. The van der Waals surface area contributed by atoms with Crippen LogP contribution < -0.4 is 5.32 Å². The first-order chi connectivity index (χ1) is 20.5. The molecule has 0 bridgehead atoms. The maximum Gasteiger partial charge on any atom is 0.269 e. The van der Waals surface area contributed by atoms with Gasteiger partial charge in [0, 0.05) is 29.9 Å². The van der Waals surface area contributed by atoms with E-state index in [-0.39, 0.29) is 11.6 Å². The number of carbonyl (C=O) groups is 1. The van der Waals surface area contributed by atoms with E-state index in [1.54, 1.807) is 6.07 Å². The number of carbonyl (C=O) groups excluding carboxylic acids is 1. The first-order valence-corrected chi connectivity index (χ1v) is 15.3. The van der Waals surface area contributed by atoms with Gasteiger partial charge in [0.25, 0.3) is 5.69 Å². The van der Waals surface area contributed by atoms with E-state index in [0.717, 1.165) is 50.3 Å². The van der Waals surface area contributed by atoms with Crippen molar-refractivity contribution in [1.82, 2.24) is 9.80 Å². The summed E-state index contributed by atoms with van der Waals surface area (Å²) in [6, 6.07) is 21.1. The first kappa shape index (κ1) is 28.2. The van der Waals surface area contributed by atoms with E-state index in [1.807, 2.05) is 24.3 Å². The zero-order valence-electron chi connectivity index (χ0n) is 24.1. The van der Waals surface area contributed by atoms with Gasteiger partial charge in [-0.3, -0.25) is 24.8 Å². The number of nitrogens with zero attached hydrogens (tertiary/aromatic N) is 4. The van der Waals surface area contributed by atoms with Crippen molar-refractivity contribution in [3.63, 3.8) is 0 Å². The van der Waals surface area contributed by atoms with Gasteiger partial charge in [0.15, 0.2) is 0 Å². The van der Waals surface area contributed by atoms with Crippen LogP contribution in [0.2, 0.25) is 0 Å². The lowest BCUT2D eigenvalue weighted by Gasteiger charge is -2.26. The second-order valence-corrected chi connectivity index (χ2v) is 11.8. The number of hydrogen-bond acceptors (Lipinski definition) is 6. The van der Waals surface area contributed by atoms with Gasteiger partial charge in [-0.25, -0.2) is 0 Å². The smallest absolute Gasteiger partial charge is 0.269 e. The van der Waals surface area contributed by atoms with E-state index in [4.69, 9.17) is 4.99 Å². The highest BCUT2D eigenvalue weighted by molar-refractivity contribution is 6.24. The van der Waals surface area contributed by atoms with Gasteiger partial charge in [-0.1, -0.05) is 42.8 Å². The number of likely N-dealkylation sites (tertiary alicyclic amines) is 2. The normalized spacial score (nSPS) is 19.6. The lowest BCUT2D eigenvalue weighted by molar-refractivity contribution is -0.384. The summed E-state index contributed by atoms with van der Waals surface area (Å²) in [7, 11) is 0. The molecule has 3 heterocycles. The molecule has 2 fully saturated rings. The number of nitro groups is 1. The Labute approximate surface area is 247 Å². The van der Waals surface area contributed by atoms with E-state index in [9.17, 15) is 14.9 Å². The van der Waals surface area contributed by atoms with Crippen LogP contribution >= 0.6 is 0 Å². The van der Waals surface area contributed by atoms with Gasteiger partial charge in [-0.05, 0) is 106 Å². The summed E-state index contributed by atoms with van der Waals surface area (Å²) in [5.74, 6) is -0.963. The van der Waals surface area contributed by atoms with Crippen molar-refractivity contribution in [2.75, 3.05) is 38.0 Å². The molecule has 2 saturated heterocycles. The van der Waals surface area contributed by atoms with Gasteiger partial charge in [-0.2, -0.15) is 0 Å². The molecular weight excluding hydrogens is 526 g/mol. The number of nitrogens with one attached hydrogen (secondary N) is 1. The van der Waals surface area contributed by atoms with Crippen LogP contribution in [0.3, 0.4) is 0 Å². The number of aryl methyl sites for hydroxylation is 1. The van der Waals surface area contributed by atoms with Crippen LogP contribution in [0.15, 0.2) is 71.7 Å². The topological polar surface area (TPSA) is 91.1 Å². The van der Waals surface area contributed by atoms with Gasteiger partial charge < -0.3 is 10.2 Å². The second-order valence-electron chi connectivity index (χ2n) is 11.8. The summed E-state index contributed by atoms with van der Waals surface area (Å²) in [5.41, 5.74) is 5.84. The van der Waals surface area contributed by atoms with Crippen molar-refractivity contribution in [3.8, 4) is 0 Å². The van der Waals surface area contributed by atoms with Crippen LogP contribution in [0.1, 0.15) is 66.7 Å². The van der Waals surface area contributed by atoms with Crippen LogP contribution in [0, 0.1) is 10.1 Å². The standard InChI is InChI=1S/C34H39N5O3/c40-34-32(30-23-29(39(41)42)16-17-31(30)36-34)33(35-28-14-10-26(11-15-28)24-38-20-4-5-21-38)27-12-8-25(9-13-27)7-6-22-37-18-2-1-3-19-37/h8-17,23,32H,1-7,18-22,24H2,(H,36,40). The minimum absolute atomic E-state index is 0.0371. The minimum atomic E-state index is -0.742. The molecule has 3 aromatic rings. The summed E-state index contributed by atoms with van der Waals surface area (Å²) in [6.45, 7) is 6.75. The lowest BCUT2D eigenvalue weighted by atomic mass is 9.89. The molecule has 0 radical (unpaired) electrons. The van der Waals surface area contributed by atoms with Crippen molar-refractivity contribution in [2.24, 2.45) is 4.99 Å². The number of benzene rings is 3. The van der Waals surface area contributed by atoms with Gasteiger partial charge >= 0.3 is 0 Å². The fourth-order valence-corrected chi connectivity index (χ4v) is 6.48. The molecule has 1 atom stereocenters. The van der Waals surface area contributed by atoms with Crippen LogP contribution in [0.5, 0.6) is 0 Å². The van der Waals surface area contributed by atoms with E-state index in [2.05, 4.69) is 39.4 Å². The molecule has 0 aliphatic carbocycles. The number of non-ortho nitro benzene ring substituents is 1. The Bertz CT molecular complexity index is 1440. The monoisotopic (exact) mass is 565 g/mol. The average molecular weight is 566 g/mol. The molecule has 1 amide bonds. The number of fused-ring (bicyclic) bond motifs is 1. The van der Waals surface area contributed by atoms with E-state index < -0.39 is 10.8 Å². The maximum atomic E-state index is 13.4. The third-order valence-corrected chi connectivity index (χ3v) is 8.78. The number of nitro benzene ring substituents is 1. The maximum absolute atomic E-state index is 13.4. The Morgan fingerprint density at radius 1 is 0.857 bits per heavy atom. The van der Waals surface area contributed by atoms with E-state index in [0.29, 0.717) is 17.0 Å². The molecule has 0 saturated carbocycles. The minimum Gasteiger partial charge on any atom is -0.325 e. The third kappa shape index (κ3) is 6.61. The Kier molecular flexibility index (Phi) is 8.72. The van der Waals surface area contributed by atoms with Gasteiger partial charge in [0.1, 0.15) is 5.92 Å². The first-order valence-electron chi connectivity index (χ1n) is 15.3. The van der Waals surface area contributed by atoms with Crippen LogP contribution in [-0.4, -0.2) is 59.1 Å². The molecule has 3 aromatic carbocycles. The van der Waals surface area contributed by atoms with Gasteiger partial charge in [0.05, 0.1) is 16.3 Å². The third-order valence-electron chi connectivity index (χ3n) is 8.78. The molecule has 1 unspecified atom stereocenters. The molecule has 1 N–H and O–H groups in total. The van der Waals surface area contributed by atoms with Crippen molar-refractivity contribution >= 4 is 28.7 Å². The van der Waals surface area contributed by atoms with Crippen LogP contribution in [0.4, 0.5) is 17.1 Å². The summed E-state index contributed by atoms with van der Waals surface area (Å²) in [5, 5.41) is 14.5. The molecule has 0 spiro atoms. The van der Waals surface area contributed by atoms with Crippen molar-refractivity contribution < 1.29 is 9.72 Å². The molecule has 8 nitrogen and oxygen atoms in total. The Morgan fingerprint density at radius 3 is 2.24 bits per heavy atom. The summed E-state index contributed by atoms with van der Waals surface area (Å²) < 4.78 is 0. The van der Waals surface area contributed by atoms with E-state index in [1.165, 1.54) is 68.5 Å². The zero-order chi connectivity index (χ0) is 28.9. The summed E-state index contributed by atoms with van der Waals surface area (Å²) in [4.78, 5) is 34.5. The highest BCUT2D eigenvalue weighted by atomic mass is 16.6. The number of piperidine rings is 1. The Balaban J connectivity index is 1.27. The zero-order valence-corrected chi connectivity index (χ0v) is 24.1. The molecule has 42 heavy (non-hydrogen) atoms. The van der Waals surface area contributed by atoms with Gasteiger partial charge in [-0.15, -0.1) is 0 Å². The Morgan fingerprint density at radius 2 is 1.52 bits per heavy atom. The molecule has 8 heteroatoms. The highest BCUT2D eigenvalue weighted by Crippen LogP contribution is 2.38. The van der Waals surface area contributed by atoms with E-state index >= 15 is 0 Å². The Hall–Kier alpha value is -3.88. The number of anilines is 1. The summed E-state index contributed by atoms with van der Waals surface area (Å²) in [6.07, 6.45) is 8.59. The summed E-state index contributed by atoms with van der Waals surface area (Å²) >= 11 is 0. The molecule has 218 valence electrons. The van der Waals surface area contributed by atoms with Crippen LogP contribution in [-0.2, 0) is 17.8 Å². The predicted molar refractivity (Wildman–Crippen MR) is 167 cm³/mol. The molecule has 6 rings (SSSR count). The average Bonchev–Trinajstić information content (AvgIpc) is 3.64. The largest absolute Gasteiger partial charge is 0.325 e. The second kappa shape index (κ2) is 13.0. The fourth-order valence-electron chi connectivity index (χ4n) is 6.48. The van der Waals surface area contributed by atoms with Crippen molar-refractivity contribution in [2.45, 2.75) is 57.4 Å². The number of amides is 1. The fraction of sp³-hybridized carbons (Fsp3) is 0.412. The lowest BCUT2D eigenvalue weighted by Crippen LogP contribution is -2.30. The SMILES string of the molecule is O=C1Nc2ccc([N+](=O)[O-])cc2C1C(=Nc1ccc(CN2CCCC2)cc1)c1ccc(CCCN2CCCCC2)cc1. The number of rotatable bonds is 10. The predicted octanol–water partition coefficient (Wildman–Crippen LogP) is 6.47. The highest BCUT2D eigenvalue weighted by Gasteiger charge is 2.36. The van der Waals surface area contributed by atoms with Crippen molar-refractivity contribution in [1.29, 1.82) is 0 Å². The van der Waals surface area contributed by atoms with Crippen LogP contribution in [0.25, 0.3) is 0 Å². The number of hydrogen-bond donors (Lipinski definition) is 1.